The predicted molar refractivity (Wildman–Crippen MR) is 139 cm³/mol. The number of aryl methyl sites for hydroxylation is 1. The fourth-order valence-corrected chi connectivity index (χ4v) is 4.68. The Morgan fingerprint density at radius 1 is 1.22 bits per heavy atom. The van der Waals surface area contributed by atoms with Crippen molar-refractivity contribution in [3.63, 3.8) is 0 Å². The Bertz CT molecular complexity index is 1320. The highest BCUT2D eigenvalue weighted by molar-refractivity contribution is 7.85. The third-order valence-electron chi connectivity index (χ3n) is 6.19. The fourth-order valence-electron chi connectivity index (χ4n) is 3.89. The van der Waals surface area contributed by atoms with Crippen molar-refractivity contribution in [1.82, 2.24) is 15.4 Å². The number of benzene rings is 2. The van der Waals surface area contributed by atoms with Gasteiger partial charge in [-0.05, 0) is 61.0 Å². The first-order valence-electron chi connectivity index (χ1n) is 11.5. The number of fused-ring (bicyclic) bond motifs is 1. The van der Waals surface area contributed by atoms with Crippen LogP contribution in [0.1, 0.15) is 25.8 Å². The van der Waals surface area contributed by atoms with Crippen LogP contribution in [0, 0.1) is 5.82 Å². The minimum atomic E-state index is -1.51. The normalized spacial score (nSPS) is 13.5. The van der Waals surface area contributed by atoms with Gasteiger partial charge in [-0.3, -0.25) is 19.0 Å². The summed E-state index contributed by atoms with van der Waals surface area (Å²) in [6.07, 6.45) is 3.08. The molecule has 10 heteroatoms. The van der Waals surface area contributed by atoms with Crippen LogP contribution in [0.25, 0.3) is 21.9 Å². The SMILES string of the molecule is COC(C)(C)CNCc1ccc(-c2ccc3c(=O)n(CCC(C(=O)NO)S(C)=O)ccc3c2)c(F)c1. The summed E-state index contributed by atoms with van der Waals surface area (Å²) in [6.45, 7) is 5.23. The van der Waals surface area contributed by atoms with Gasteiger partial charge in [-0.2, -0.15) is 0 Å². The molecule has 3 aromatic rings. The summed E-state index contributed by atoms with van der Waals surface area (Å²) in [6, 6.07) is 12.0. The zero-order valence-corrected chi connectivity index (χ0v) is 21.7. The van der Waals surface area contributed by atoms with Crippen molar-refractivity contribution < 1.29 is 23.3 Å². The number of halogens is 1. The second-order valence-corrected chi connectivity index (χ2v) is 10.8. The number of pyridine rings is 1. The number of hydrogen-bond donors (Lipinski definition) is 3. The van der Waals surface area contributed by atoms with Crippen molar-refractivity contribution in [2.75, 3.05) is 19.9 Å². The van der Waals surface area contributed by atoms with Crippen LogP contribution in [0.2, 0.25) is 0 Å². The molecule has 1 heterocycles. The van der Waals surface area contributed by atoms with Crippen LogP contribution in [0.5, 0.6) is 0 Å². The third kappa shape index (κ3) is 6.64. The van der Waals surface area contributed by atoms with E-state index in [-0.39, 0.29) is 29.9 Å². The molecule has 0 aliphatic carbocycles. The van der Waals surface area contributed by atoms with Gasteiger partial charge in [0.2, 0.25) is 0 Å². The van der Waals surface area contributed by atoms with Crippen molar-refractivity contribution in [3.8, 4) is 11.1 Å². The lowest BCUT2D eigenvalue weighted by molar-refractivity contribution is -0.128. The number of carbonyl (C=O) groups excluding carboxylic acids is 1. The monoisotopic (exact) mass is 517 g/mol. The van der Waals surface area contributed by atoms with Crippen LogP contribution in [-0.2, 0) is 33.4 Å². The second-order valence-electron chi connectivity index (χ2n) is 9.25. The lowest BCUT2D eigenvalue weighted by Gasteiger charge is -2.23. The van der Waals surface area contributed by atoms with E-state index >= 15 is 0 Å². The van der Waals surface area contributed by atoms with Crippen molar-refractivity contribution in [2.24, 2.45) is 0 Å². The maximum Gasteiger partial charge on any atom is 0.259 e. The number of hydroxylamine groups is 1. The van der Waals surface area contributed by atoms with Gasteiger partial charge in [-0.1, -0.05) is 18.2 Å². The number of ether oxygens (including phenoxy) is 1. The van der Waals surface area contributed by atoms with Gasteiger partial charge in [-0.15, -0.1) is 0 Å². The Kier molecular flexibility index (Phi) is 9.13. The molecular formula is C26H32FN3O5S. The zero-order chi connectivity index (χ0) is 26.5. The minimum Gasteiger partial charge on any atom is -0.377 e. The van der Waals surface area contributed by atoms with Crippen molar-refractivity contribution in [1.29, 1.82) is 0 Å². The highest BCUT2D eigenvalue weighted by Crippen LogP contribution is 2.26. The minimum absolute atomic E-state index is 0.119. The summed E-state index contributed by atoms with van der Waals surface area (Å²) < 4.78 is 33.6. The molecule has 8 nitrogen and oxygen atoms in total. The Labute approximate surface area is 211 Å². The Balaban J connectivity index is 1.78. The quantitative estimate of drug-likeness (QED) is 0.267. The van der Waals surface area contributed by atoms with E-state index in [9.17, 15) is 18.2 Å². The molecule has 0 fully saturated rings. The molecular weight excluding hydrogens is 485 g/mol. The van der Waals surface area contributed by atoms with E-state index in [0.29, 0.717) is 35.0 Å². The van der Waals surface area contributed by atoms with Gasteiger partial charge in [0.05, 0.1) is 5.60 Å². The van der Waals surface area contributed by atoms with Crippen LogP contribution in [-0.4, -0.2) is 50.7 Å². The molecule has 0 radical (unpaired) electrons. The summed E-state index contributed by atoms with van der Waals surface area (Å²) in [5.74, 6) is -1.11. The van der Waals surface area contributed by atoms with E-state index in [4.69, 9.17) is 9.94 Å². The van der Waals surface area contributed by atoms with Crippen molar-refractivity contribution in [3.05, 3.63) is 70.4 Å². The number of nitrogens with one attached hydrogen (secondary N) is 2. The van der Waals surface area contributed by atoms with E-state index < -0.39 is 22.0 Å². The summed E-state index contributed by atoms with van der Waals surface area (Å²) >= 11 is 0. The first-order valence-corrected chi connectivity index (χ1v) is 13.1. The van der Waals surface area contributed by atoms with Crippen molar-refractivity contribution in [2.45, 2.75) is 44.2 Å². The molecule has 0 aliphatic rings. The smallest absolute Gasteiger partial charge is 0.259 e. The van der Waals surface area contributed by atoms with Crippen LogP contribution in [0.4, 0.5) is 4.39 Å². The van der Waals surface area contributed by atoms with Crippen LogP contribution in [0.3, 0.4) is 0 Å². The Morgan fingerprint density at radius 3 is 2.61 bits per heavy atom. The molecule has 2 unspecified atom stereocenters. The molecule has 2 atom stereocenters. The Morgan fingerprint density at radius 2 is 1.97 bits per heavy atom. The van der Waals surface area contributed by atoms with E-state index in [0.717, 1.165) is 5.56 Å². The standard InChI is InChI=1S/C26H32FN3O5S/c1-26(2,35-3)16-28-15-17-5-7-20(22(27)13-17)18-6-8-21-19(14-18)9-11-30(25(21)32)12-10-23(36(4)34)24(31)29-33/h5-9,11,13-14,23,28,33H,10,12,15-16H2,1-4H3,(H,29,31). The fraction of sp³-hybridized carbons (Fsp3) is 0.385. The number of aromatic nitrogens is 1. The first kappa shape index (κ1) is 27.7. The van der Waals surface area contributed by atoms with E-state index in [2.05, 4.69) is 5.32 Å². The predicted octanol–water partition coefficient (Wildman–Crippen LogP) is 2.96. The molecule has 36 heavy (non-hydrogen) atoms. The van der Waals surface area contributed by atoms with E-state index in [1.165, 1.54) is 22.4 Å². The zero-order valence-electron chi connectivity index (χ0n) is 20.8. The molecule has 0 saturated heterocycles. The summed E-state index contributed by atoms with van der Waals surface area (Å²) in [7, 11) is 0.144. The number of nitrogens with zero attached hydrogens (tertiary/aromatic N) is 1. The van der Waals surface area contributed by atoms with E-state index in [1.54, 1.807) is 43.6 Å². The number of hydrogen-bond acceptors (Lipinski definition) is 6. The largest absolute Gasteiger partial charge is 0.377 e. The van der Waals surface area contributed by atoms with Gasteiger partial charge in [0.1, 0.15) is 11.1 Å². The lowest BCUT2D eigenvalue weighted by atomic mass is 10.00. The molecule has 0 saturated carbocycles. The molecule has 1 amide bonds. The molecule has 2 aromatic carbocycles. The highest BCUT2D eigenvalue weighted by atomic mass is 32.2. The molecule has 194 valence electrons. The number of carbonyl (C=O) groups is 1. The average molecular weight is 518 g/mol. The van der Waals surface area contributed by atoms with Gasteiger partial charge in [-0.25, -0.2) is 9.87 Å². The summed E-state index contributed by atoms with van der Waals surface area (Å²) in [4.78, 5) is 24.7. The van der Waals surface area contributed by atoms with Gasteiger partial charge in [0, 0.05) is 60.9 Å². The molecule has 3 rings (SSSR count). The van der Waals surface area contributed by atoms with Crippen molar-refractivity contribution >= 4 is 27.5 Å². The average Bonchev–Trinajstić information content (AvgIpc) is 2.84. The van der Waals surface area contributed by atoms with Crippen LogP contribution >= 0.6 is 0 Å². The topological polar surface area (TPSA) is 110 Å². The maximum atomic E-state index is 14.9. The second kappa shape index (κ2) is 11.9. The third-order valence-corrected chi connectivity index (χ3v) is 7.44. The summed E-state index contributed by atoms with van der Waals surface area (Å²) in [5, 5.41) is 12.3. The van der Waals surface area contributed by atoms with Gasteiger partial charge in [0.25, 0.3) is 11.5 Å². The molecule has 3 N–H and O–H groups in total. The molecule has 0 spiro atoms. The maximum absolute atomic E-state index is 14.9. The van der Waals surface area contributed by atoms with Gasteiger partial charge in [0.15, 0.2) is 0 Å². The highest BCUT2D eigenvalue weighted by Gasteiger charge is 2.22. The van der Waals surface area contributed by atoms with Crippen LogP contribution in [0.15, 0.2) is 53.5 Å². The number of methoxy groups -OCH3 is 1. The number of rotatable bonds is 11. The van der Waals surface area contributed by atoms with Gasteiger partial charge < -0.3 is 14.6 Å². The first-order chi connectivity index (χ1) is 17.1. The van der Waals surface area contributed by atoms with E-state index in [1.807, 2.05) is 19.9 Å². The van der Waals surface area contributed by atoms with Gasteiger partial charge >= 0.3 is 0 Å². The summed E-state index contributed by atoms with van der Waals surface area (Å²) in [5.41, 5.74) is 2.83. The molecule has 0 aliphatic heterocycles. The molecule has 0 bridgehead atoms. The lowest BCUT2D eigenvalue weighted by Crippen LogP contribution is -2.36. The van der Waals surface area contributed by atoms with Crippen LogP contribution < -0.4 is 16.4 Å². The number of amides is 1. The Hall–Kier alpha value is -2.92. The molecule has 1 aromatic heterocycles.